The molecule has 0 N–H and O–H groups in total. The van der Waals surface area contributed by atoms with Crippen molar-refractivity contribution in [1.29, 1.82) is 0 Å². The predicted molar refractivity (Wildman–Crippen MR) is 69.5 cm³/mol. The fraction of sp³-hybridized carbons (Fsp3) is 0.533. The summed E-state index contributed by atoms with van der Waals surface area (Å²) < 4.78 is 11.5. The molecule has 0 spiro atoms. The van der Waals surface area contributed by atoms with Gasteiger partial charge in [-0.25, -0.2) is 0 Å². The Hall–Kier alpha value is -1.19. The number of hydrogen-bond donors (Lipinski definition) is 0. The van der Waals surface area contributed by atoms with E-state index in [1.165, 1.54) is 0 Å². The third-order valence-electron chi connectivity index (χ3n) is 3.04. The van der Waals surface area contributed by atoms with Gasteiger partial charge in [-0.1, -0.05) is 30.3 Å². The molecular formula is C15H20O3. The Morgan fingerprint density at radius 1 is 1.28 bits per heavy atom. The second-order valence-electron chi connectivity index (χ2n) is 5.30. The van der Waals surface area contributed by atoms with Gasteiger partial charge in [0.2, 0.25) is 0 Å². The van der Waals surface area contributed by atoms with Crippen LogP contribution >= 0.6 is 0 Å². The quantitative estimate of drug-likeness (QED) is 0.771. The third-order valence-corrected chi connectivity index (χ3v) is 3.04. The molecule has 0 radical (unpaired) electrons. The standard InChI is InChI=1S/C15H20O3/c1-11-9-13(18-15(2,3)17-11)10-14(16)12-7-5-4-6-8-12/h4-8,11,13H,9-10H2,1-3H3/t11-,13+/m0/s1. The minimum atomic E-state index is -0.598. The molecule has 1 saturated heterocycles. The molecule has 98 valence electrons. The van der Waals surface area contributed by atoms with Crippen LogP contribution in [0.1, 0.15) is 44.0 Å². The molecule has 1 fully saturated rings. The van der Waals surface area contributed by atoms with E-state index in [2.05, 4.69) is 0 Å². The van der Waals surface area contributed by atoms with Gasteiger partial charge in [0.25, 0.3) is 0 Å². The van der Waals surface area contributed by atoms with Crippen molar-refractivity contribution in [3.8, 4) is 0 Å². The molecule has 1 aliphatic rings. The summed E-state index contributed by atoms with van der Waals surface area (Å²) in [5, 5.41) is 0. The van der Waals surface area contributed by atoms with Crippen molar-refractivity contribution < 1.29 is 14.3 Å². The molecule has 3 nitrogen and oxygen atoms in total. The zero-order valence-corrected chi connectivity index (χ0v) is 11.2. The van der Waals surface area contributed by atoms with Gasteiger partial charge in [-0.15, -0.1) is 0 Å². The van der Waals surface area contributed by atoms with Gasteiger partial charge >= 0.3 is 0 Å². The molecule has 1 aromatic rings. The number of ketones is 1. The lowest BCUT2D eigenvalue weighted by Crippen LogP contribution is -2.44. The lowest BCUT2D eigenvalue weighted by Gasteiger charge is -2.39. The molecule has 2 atom stereocenters. The topological polar surface area (TPSA) is 35.5 Å². The number of hydrogen-bond acceptors (Lipinski definition) is 3. The van der Waals surface area contributed by atoms with Crippen LogP contribution in [0.25, 0.3) is 0 Å². The van der Waals surface area contributed by atoms with Gasteiger partial charge in [0.15, 0.2) is 11.6 Å². The van der Waals surface area contributed by atoms with E-state index in [-0.39, 0.29) is 18.0 Å². The minimum Gasteiger partial charge on any atom is -0.347 e. The zero-order chi connectivity index (χ0) is 13.2. The Kier molecular flexibility index (Phi) is 3.83. The number of carbonyl (C=O) groups is 1. The first kappa shape index (κ1) is 13.2. The molecule has 0 unspecified atom stereocenters. The van der Waals surface area contributed by atoms with Gasteiger partial charge in [-0.2, -0.15) is 0 Å². The van der Waals surface area contributed by atoms with E-state index in [1.54, 1.807) is 0 Å². The van der Waals surface area contributed by atoms with Crippen LogP contribution in [-0.2, 0) is 9.47 Å². The molecule has 0 aliphatic carbocycles. The fourth-order valence-electron chi connectivity index (χ4n) is 2.45. The number of benzene rings is 1. The van der Waals surface area contributed by atoms with Crippen molar-refractivity contribution in [3.63, 3.8) is 0 Å². The molecule has 1 aromatic carbocycles. The Balaban J connectivity index is 1.99. The lowest BCUT2D eigenvalue weighted by molar-refractivity contribution is -0.294. The Labute approximate surface area is 108 Å². The first-order valence-corrected chi connectivity index (χ1v) is 6.40. The molecule has 0 saturated carbocycles. The van der Waals surface area contributed by atoms with Crippen LogP contribution in [0.3, 0.4) is 0 Å². The second-order valence-corrected chi connectivity index (χ2v) is 5.30. The zero-order valence-electron chi connectivity index (χ0n) is 11.2. The average molecular weight is 248 g/mol. The highest BCUT2D eigenvalue weighted by atomic mass is 16.7. The number of ether oxygens (including phenoxy) is 2. The van der Waals surface area contributed by atoms with E-state index in [0.717, 1.165) is 12.0 Å². The molecule has 3 heteroatoms. The first-order chi connectivity index (χ1) is 8.46. The lowest BCUT2D eigenvalue weighted by atomic mass is 10.0. The van der Waals surface area contributed by atoms with E-state index in [4.69, 9.17) is 9.47 Å². The van der Waals surface area contributed by atoms with Gasteiger partial charge in [0.05, 0.1) is 12.2 Å². The van der Waals surface area contributed by atoms with Crippen molar-refractivity contribution in [2.24, 2.45) is 0 Å². The van der Waals surface area contributed by atoms with Crippen LogP contribution in [0, 0.1) is 0 Å². The first-order valence-electron chi connectivity index (χ1n) is 6.40. The predicted octanol–water partition coefficient (Wildman–Crippen LogP) is 3.19. The van der Waals surface area contributed by atoms with E-state index in [9.17, 15) is 4.79 Å². The molecule has 0 amide bonds. The average Bonchev–Trinajstić information content (AvgIpc) is 2.27. The summed E-state index contributed by atoms with van der Waals surface area (Å²) in [4.78, 5) is 12.1. The van der Waals surface area contributed by atoms with Crippen LogP contribution in [0.5, 0.6) is 0 Å². The molecule has 18 heavy (non-hydrogen) atoms. The maximum absolute atomic E-state index is 12.1. The summed E-state index contributed by atoms with van der Waals surface area (Å²) in [7, 11) is 0. The van der Waals surface area contributed by atoms with Crippen LogP contribution in [-0.4, -0.2) is 23.8 Å². The largest absolute Gasteiger partial charge is 0.347 e. The summed E-state index contributed by atoms with van der Waals surface area (Å²) in [5.41, 5.74) is 0.748. The smallest absolute Gasteiger partial charge is 0.165 e. The number of Topliss-reactive ketones (excluding diaryl/α,β-unsaturated/α-hetero) is 1. The fourth-order valence-corrected chi connectivity index (χ4v) is 2.45. The summed E-state index contributed by atoms with van der Waals surface area (Å²) in [6.07, 6.45) is 1.25. The van der Waals surface area contributed by atoms with E-state index in [0.29, 0.717) is 6.42 Å². The summed E-state index contributed by atoms with van der Waals surface area (Å²) in [6, 6.07) is 9.36. The second kappa shape index (κ2) is 5.21. The van der Waals surface area contributed by atoms with Crippen LogP contribution in [0.2, 0.25) is 0 Å². The van der Waals surface area contributed by atoms with Crippen LogP contribution in [0.15, 0.2) is 30.3 Å². The minimum absolute atomic E-state index is 0.0588. The Bertz CT molecular complexity index is 411. The van der Waals surface area contributed by atoms with Gasteiger partial charge in [-0.3, -0.25) is 4.79 Å². The molecule has 0 bridgehead atoms. The molecule has 1 heterocycles. The molecule has 1 aliphatic heterocycles. The third kappa shape index (κ3) is 3.40. The Morgan fingerprint density at radius 2 is 1.94 bits per heavy atom. The van der Waals surface area contributed by atoms with E-state index < -0.39 is 5.79 Å². The molecule has 0 aromatic heterocycles. The monoisotopic (exact) mass is 248 g/mol. The summed E-state index contributed by atoms with van der Waals surface area (Å²) in [6.45, 7) is 5.80. The van der Waals surface area contributed by atoms with E-state index in [1.807, 2.05) is 51.1 Å². The SMILES string of the molecule is C[C@H]1C[C@H](CC(=O)c2ccccc2)OC(C)(C)O1. The normalized spacial score (nSPS) is 26.8. The number of carbonyl (C=O) groups excluding carboxylic acids is 1. The van der Waals surface area contributed by atoms with E-state index >= 15 is 0 Å². The maximum Gasteiger partial charge on any atom is 0.165 e. The summed E-state index contributed by atoms with van der Waals surface area (Å²) >= 11 is 0. The van der Waals surface area contributed by atoms with Gasteiger partial charge in [0, 0.05) is 18.4 Å². The van der Waals surface area contributed by atoms with Crippen LogP contribution < -0.4 is 0 Å². The van der Waals surface area contributed by atoms with Crippen molar-refractivity contribution in [1.82, 2.24) is 0 Å². The van der Waals surface area contributed by atoms with Crippen LogP contribution in [0.4, 0.5) is 0 Å². The highest BCUT2D eigenvalue weighted by molar-refractivity contribution is 5.96. The van der Waals surface area contributed by atoms with Crippen molar-refractivity contribution in [2.75, 3.05) is 0 Å². The van der Waals surface area contributed by atoms with Crippen molar-refractivity contribution in [3.05, 3.63) is 35.9 Å². The van der Waals surface area contributed by atoms with Gasteiger partial charge in [0.1, 0.15) is 0 Å². The highest BCUT2D eigenvalue weighted by Crippen LogP contribution is 2.28. The maximum atomic E-state index is 12.1. The van der Waals surface area contributed by atoms with Crippen molar-refractivity contribution in [2.45, 2.75) is 51.6 Å². The van der Waals surface area contributed by atoms with Crippen molar-refractivity contribution >= 4 is 5.78 Å². The van der Waals surface area contributed by atoms with Gasteiger partial charge < -0.3 is 9.47 Å². The highest BCUT2D eigenvalue weighted by Gasteiger charge is 2.34. The Morgan fingerprint density at radius 3 is 2.56 bits per heavy atom. The summed E-state index contributed by atoms with van der Waals surface area (Å²) in [5.74, 6) is -0.468. The molecule has 2 rings (SSSR count). The molecular weight excluding hydrogens is 228 g/mol. The van der Waals surface area contributed by atoms with Gasteiger partial charge in [-0.05, 0) is 20.8 Å². The number of rotatable bonds is 3.